The third kappa shape index (κ3) is 2.51. The van der Waals surface area contributed by atoms with Crippen molar-refractivity contribution in [1.82, 2.24) is 0 Å². The van der Waals surface area contributed by atoms with Gasteiger partial charge in [-0.3, -0.25) is 0 Å². The van der Waals surface area contributed by atoms with Crippen molar-refractivity contribution in [3.63, 3.8) is 0 Å². The molecule has 2 rings (SSSR count). The Kier molecular flexibility index (Phi) is 3.01. The first-order chi connectivity index (χ1) is 7.08. The van der Waals surface area contributed by atoms with Gasteiger partial charge in [0.05, 0.1) is 4.47 Å². The van der Waals surface area contributed by atoms with Gasteiger partial charge in [0.25, 0.3) is 0 Å². The van der Waals surface area contributed by atoms with Gasteiger partial charge < -0.3 is 5.32 Å². The first-order valence-electron chi connectivity index (χ1n) is 5.30. The number of nitrogens with one attached hydrogen (secondary N) is 1. The van der Waals surface area contributed by atoms with Crippen LogP contribution in [0.1, 0.15) is 25.3 Å². The minimum atomic E-state index is -0.203. The van der Waals surface area contributed by atoms with Crippen LogP contribution in [-0.2, 0) is 0 Å². The summed E-state index contributed by atoms with van der Waals surface area (Å²) < 4.78 is 13.9. The molecule has 1 aliphatic carbocycles. The second kappa shape index (κ2) is 4.12. The van der Waals surface area contributed by atoms with E-state index in [2.05, 4.69) is 28.2 Å². The maximum absolute atomic E-state index is 13.3. The minimum absolute atomic E-state index is 0.203. The molecular formula is C12H15BrFN. The summed E-state index contributed by atoms with van der Waals surface area (Å²) >= 11 is 3.18. The summed E-state index contributed by atoms with van der Waals surface area (Å²) in [6.07, 6.45) is 2.60. The van der Waals surface area contributed by atoms with Gasteiger partial charge in [0.1, 0.15) is 5.82 Å². The van der Waals surface area contributed by atoms with Gasteiger partial charge in [0.2, 0.25) is 0 Å². The van der Waals surface area contributed by atoms with E-state index in [1.165, 1.54) is 12.8 Å². The Bertz CT molecular complexity index is 374. The molecule has 1 atom stereocenters. The Labute approximate surface area is 98.2 Å². The van der Waals surface area contributed by atoms with E-state index in [9.17, 15) is 4.39 Å². The van der Waals surface area contributed by atoms with Crippen LogP contribution in [0.5, 0.6) is 0 Å². The molecule has 1 aliphatic rings. The fourth-order valence-electron chi connectivity index (χ4n) is 1.76. The summed E-state index contributed by atoms with van der Waals surface area (Å²) in [7, 11) is 0. The predicted octanol–water partition coefficient (Wildman–Crippen LogP) is 4.11. The van der Waals surface area contributed by atoms with E-state index in [4.69, 9.17) is 0 Å². The minimum Gasteiger partial charge on any atom is -0.382 e. The van der Waals surface area contributed by atoms with Crippen molar-refractivity contribution in [2.24, 2.45) is 5.92 Å². The lowest BCUT2D eigenvalue weighted by atomic mass is 10.1. The molecule has 1 aromatic rings. The van der Waals surface area contributed by atoms with E-state index in [1.807, 2.05) is 13.0 Å². The number of hydrogen-bond acceptors (Lipinski definition) is 1. The van der Waals surface area contributed by atoms with Gasteiger partial charge in [-0.05, 0) is 66.2 Å². The summed E-state index contributed by atoms with van der Waals surface area (Å²) in [5.74, 6) is 0.571. The lowest BCUT2D eigenvalue weighted by Crippen LogP contribution is -2.18. The van der Waals surface area contributed by atoms with Gasteiger partial charge in [0.15, 0.2) is 0 Å². The molecule has 0 amide bonds. The van der Waals surface area contributed by atoms with Crippen LogP contribution in [-0.4, -0.2) is 6.04 Å². The van der Waals surface area contributed by atoms with Gasteiger partial charge in [-0.1, -0.05) is 0 Å². The Morgan fingerprint density at radius 2 is 2.13 bits per heavy atom. The lowest BCUT2D eigenvalue weighted by molar-refractivity contribution is 0.619. The molecule has 0 heterocycles. The maximum Gasteiger partial charge on any atom is 0.139 e. The maximum atomic E-state index is 13.3. The Morgan fingerprint density at radius 1 is 1.47 bits per heavy atom. The fraction of sp³-hybridized carbons (Fsp3) is 0.500. The van der Waals surface area contributed by atoms with E-state index in [1.54, 1.807) is 6.07 Å². The van der Waals surface area contributed by atoms with E-state index in [0.717, 1.165) is 17.2 Å². The first kappa shape index (κ1) is 10.9. The molecule has 1 unspecified atom stereocenters. The zero-order valence-electron chi connectivity index (χ0n) is 8.98. The molecular weight excluding hydrogens is 257 g/mol. The topological polar surface area (TPSA) is 12.0 Å². The Hall–Kier alpha value is -0.570. The van der Waals surface area contributed by atoms with Crippen LogP contribution in [0.2, 0.25) is 0 Å². The highest BCUT2D eigenvalue weighted by Gasteiger charge is 2.28. The van der Waals surface area contributed by atoms with Crippen LogP contribution < -0.4 is 5.32 Å². The molecule has 0 aromatic heterocycles. The van der Waals surface area contributed by atoms with Crippen LogP contribution in [0.3, 0.4) is 0 Å². The van der Waals surface area contributed by atoms with Crippen molar-refractivity contribution < 1.29 is 4.39 Å². The molecule has 0 spiro atoms. The van der Waals surface area contributed by atoms with Gasteiger partial charge in [-0.2, -0.15) is 0 Å². The standard InChI is InChI=1S/C12H15BrFN/c1-7-5-10(13)11(14)6-12(7)15-8(2)9-3-4-9/h5-6,8-9,15H,3-4H2,1-2H3. The van der Waals surface area contributed by atoms with E-state index in [0.29, 0.717) is 10.5 Å². The van der Waals surface area contributed by atoms with Crippen molar-refractivity contribution in [2.45, 2.75) is 32.7 Å². The molecule has 0 radical (unpaired) electrons. The highest BCUT2D eigenvalue weighted by Crippen LogP contribution is 2.35. The first-order valence-corrected chi connectivity index (χ1v) is 6.09. The third-order valence-corrected chi connectivity index (χ3v) is 3.59. The fourth-order valence-corrected chi connectivity index (χ4v) is 2.22. The van der Waals surface area contributed by atoms with Gasteiger partial charge in [-0.15, -0.1) is 0 Å². The molecule has 1 nitrogen and oxygen atoms in total. The van der Waals surface area contributed by atoms with Crippen molar-refractivity contribution >= 4 is 21.6 Å². The molecule has 1 aromatic carbocycles. The summed E-state index contributed by atoms with van der Waals surface area (Å²) in [5.41, 5.74) is 1.99. The highest BCUT2D eigenvalue weighted by molar-refractivity contribution is 9.10. The molecule has 15 heavy (non-hydrogen) atoms. The number of aryl methyl sites for hydroxylation is 1. The van der Waals surface area contributed by atoms with Crippen LogP contribution in [0, 0.1) is 18.7 Å². The zero-order valence-corrected chi connectivity index (χ0v) is 10.6. The van der Waals surface area contributed by atoms with Crippen molar-refractivity contribution in [3.05, 3.63) is 28.0 Å². The largest absolute Gasteiger partial charge is 0.382 e. The van der Waals surface area contributed by atoms with Crippen LogP contribution in [0.15, 0.2) is 16.6 Å². The summed E-state index contributed by atoms with van der Waals surface area (Å²) in [6.45, 7) is 4.16. The number of benzene rings is 1. The van der Waals surface area contributed by atoms with Gasteiger partial charge in [-0.25, -0.2) is 4.39 Å². The average Bonchev–Trinajstić information content (AvgIpc) is 2.97. The second-order valence-electron chi connectivity index (χ2n) is 4.35. The van der Waals surface area contributed by atoms with E-state index < -0.39 is 0 Å². The smallest absolute Gasteiger partial charge is 0.139 e. The number of hydrogen-bond donors (Lipinski definition) is 1. The normalized spacial score (nSPS) is 17.6. The van der Waals surface area contributed by atoms with Crippen LogP contribution in [0.4, 0.5) is 10.1 Å². The molecule has 0 bridgehead atoms. The highest BCUT2D eigenvalue weighted by atomic mass is 79.9. The summed E-state index contributed by atoms with van der Waals surface area (Å²) in [5, 5.41) is 3.38. The number of halogens is 2. The molecule has 0 saturated heterocycles. The Balaban J connectivity index is 2.16. The van der Waals surface area contributed by atoms with E-state index in [-0.39, 0.29) is 5.82 Å². The predicted molar refractivity (Wildman–Crippen MR) is 64.6 cm³/mol. The Morgan fingerprint density at radius 3 is 2.73 bits per heavy atom. The second-order valence-corrected chi connectivity index (χ2v) is 5.21. The van der Waals surface area contributed by atoms with Crippen molar-refractivity contribution in [2.75, 3.05) is 5.32 Å². The lowest BCUT2D eigenvalue weighted by Gasteiger charge is -2.16. The van der Waals surface area contributed by atoms with Gasteiger partial charge >= 0.3 is 0 Å². The monoisotopic (exact) mass is 271 g/mol. The quantitative estimate of drug-likeness (QED) is 0.873. The average molecular weight is 272 g/mol. The molecule has 3 heteroatoms. The SMILES string of the molecule is Cc1cc(Br)c(F)cc1NC(C)C1CC1. The van der Waals surface area contributed by atoms with E-state index >= 15 is 0 Å². The van der Waals surface area contributed by atoms with Crippen LogP contribution >= 0.6 is 15.9 Å². The third-order valence-electron chi connectivity index (χ3n) is 2.98. The molecule has 0 aliphatic heterocycles. The zero-order chi connectivity index (χ0) is 11.0. The summed E-state index contributed by atoms with van der Waals surface area (Å²) in [6, 6.07) is 3.83. The number of anilines is 1. The molecule has 82 valence electrons. The summed E-state index contributed by atoms with van der Waals surface area (Å²) in [4.78, 5) is 0. The van der Waals surface area contributed by atoms with Gasteiger partial charge in [0, 0.05) is 11.7 Å². The van der Waals surface area contributed by atoms with Crippen molar-refractivity contribution in [3.8, 4) is 0 Å². The molecule has 1 fully saturated rings. The van der Waals surface area contributed by atoms with Crippen molar-refractivity contribution in [1.29, 1.82) is 0 Å². The van der Waals surface area contributed by atoms with Crippen LogP contribution in [0.25, 0.3) is 0 Å². The molecule has 1 saturated carbocycles. The number of rotatable bonds is 3. The molecule has 1 N–H and O–H groups in total.